The Morgan fingerprint density at radius 2 is 2.00 bits per heavy atom. The van der Waals surface area contributed by atoms with Crippen LogP contribution in [0.15, 0.2) is 35.3 Å². The molecule has 17 heavy (non-hydrogen) atoms. The average Bonchev–Trinajstić information content (AvgIpc) is 2.55. The molecule has 1 heterocycles. The highest BCUT2D eigenvalue weighted by molar-refractivity contribution is 6.02. The molecule has 0 saturated carbocycles. The number of urea groups is 1. The summed E-state index contributed by atoms with van der Waals surface area (Å²) in [7, 11) is 0. The van der Waals surface area contributed by atoms with Gasteiger partial charge >= 0.3 is 6.03 Å². The zero-order valence-corrected chi connectivity index (χ0v) is 10.1. The number of hydrogen-bond donors (Lipinski definition) is 1. The molecule has 0 aromatic heterocycles. The summed E-state index contributed by atoms with van der Waals surface area (Å²) in [5.41, 5.74) is 6.90. The molecule has 4 nitrogen and oxygen atoms in total. The first-order valence-electron chi connectivity index (χ1n) is 5.78. The number of amides is 2. The van der Waals surface area contributed by atoms with Crippen molar-refractivity contribution in [2.45, 2.75) is 26.4 Å². The maximum Gasteiger partial charge on any atom is 0.346 e. The molecule has 2 N–H and O–H groups in total. The first-order valence-corrected chi connectivity index (χ1v) is 5.78. The van der Waals surface area contributed by atoms with Crippen molar-refractivity contribution < 1.29 is 4.79 Å². The van der Waals surface area contributed by atoms with Crippen LogP contribution in [0.3, 0.4) is 0 Å². The zero-order chi connectivity index (χ0) is 12.4. The van der Waals surface area contributed by atoms with Crippen LogP contribution in [-0.2, 0) is 6.54 Å². The molecule has 0 fully saturated rings. The number of nitrogens with zero attached hydrogens (tertiary/aromatic N) is 2. The summed E-state index contributed by atoms with van der Waals surface area (Å²) in [6.45, 7) is 4.65. The van der Waals surface area contributed by atoms with Gasteiger partial charge in [0, 0.05) is 6.54 Å². The third-order valence-corrected chi connectivity index (χ3v) is 2.94. The molecule has 0 radical (unpaired) electrons. The molecule has 1 aliphatic heterocycles. The molecule has 0 saturated heterocycles. The van der Waals surface area contributed by atoms with Crippen molar-refractivity contribution in [2.24, 2.45) is 16.6 Å². The maximum absolute atomic E-state index is 11.8. The van der Waals surface area contributed by atoms with Gasteiger partial charge in [0.1, 0.15) is 5.84 Å². The van der Waals surface area contributed by atoms with E-state index in [4.69, 9.17) is 5.73 Å². The third-order valence-electron chi connectivity index (χ3n) is 2.94. The van der Waals surface area contributed by atoms with E-state index in [1.165, 1.54) is 0 Å². The minimum absolute atomic E-state index is 0.0808. The fourth-order valence-corrected chi connectivity index (χ4v) is 2.17. The predicted octanol–water partition coefficient (Wildman–Crippen LogP) is 2.00. The van der Waals surface area contributed by atoms with Crippen LogP contribution >= 0.6 is 0 Å². The Morgan fingerprint density at radius 3 is 2.59 bits per heavy atom. The maximum atomic E-state index is 11.8. The van der Waals surface area contributed by atoms with Crippen LogP contribution in [0.1, 0.15) is 19.4 Å². The lowest BCUT2D eigenvalue weighted by Crippen LogP contribution is -2.43. The van der Waals surface area contributed by atoms with Gasteiger partial charge in [-0.3, -0.25) is 0 Å². The van der Waals surface area contributed by atoms with Crippen LogP contribution in [-0.4, -0.2) is 22.8 Å². The quantitative estimate of drug-likeness (QED) is 0.865. The summed E-state index contributed by atoms with van der Waals surface area (Å²) in [5, 5.41) is 0. The van der Waals surface area contributed by atoms with Crippen LogP contribution in [0.25, 0.3) is 0 Å². The van der Waals surface area contributed by atoms with Gasteiger partial charge in [-0.05, 0) is 11.5 Å². The smallest absolute Gasteiger partial charge is 0.346 e. The highest BCUT2D eigenvalue weighted by Gasteiger charge is 2.35. The second-order valence-corrected chi connectivity index (χ2v) is 4.62. The predicted molar refractivity (Wildman–Crippen MR) is 67.6 cm³/mol. The monoisotopic (exact) mass is 231 g/mol. The van der Waals surface area contributed by atoms with Crippen LogP contribution in [0.2, 0.25) is 0 Å². The fraction of sp³-hybridized carbons (Fsp3) is 0.385. The molecule has 4 heteroatoms. The second-order valence-electron chi connectivity index (χ2n) is 4.62. The van der Waals surface area contributed by atoms with E-state index in [2.05, 4.69) is 4.99 Å². The molecule has 2 rings (SSSR count). The first-order chi connectivity index (χ1) is 8.09. The minimum Gasteiger partial charge on any atom is -0.385 e. The van der Waals surface area contributed by atoms with Crippen molar-refractivity contribution in [3.8, 4) is 0 Å². The van der Waals surface area contributed by atoms with Crippen molar-refractivity contribution in [1.82, 2.24) is 4.90 Å². The van der Waals surface area contributed by atoms with E-state index in [1.807, 2.05) is 44.2 Å². The van der Waals surface area contributed by atoms with Crippen LogP contribution in [0.5, 0.6) is 0 Å². The summed E-state index contributed by atoms with van der Waals surface area (Å²) >= 11 is 0. The highest BCUT2D eigenvalue weighted by atomic mass is 16.2. The average molecular weight is 231 g/mol. The molecule has 1 unspecified atom stereocenters. The van der Waals surface area contributed by atoms with Gasteiger partial charge in [0.25, 0.3) is 0 Å². The number of rotatable bonds is 3. The normalized spacial score (nSPS) is 19.9. The summed E-state index contributed by atoms with van der Waals surface area (Å²) in [5.74, 6) is 0.704. The molecule has 2 amide bonds. The van der Waals surface area contributed by atoms with Gasteiger partial charge in [0.05, 0.1) is 6.04 Å². The van der Waals surface area contributed by atoms with Gasteiger partial charge in [-0.1, -0.05) is 44.2 Å². The summed E-state index contributed by atoms with van der Waals surface area (Å²) in [6.07, 6.45) is 0. The van der Waals surface area contributed by atoms with E-state index in [-0.39, 0.29) is 18.0 Å². The molecular weight excluding hydrogens is 214 g/mol. The van der Waals surface area contributed by atoms with E-state index in [1.54, 1.807) is 4.90 Å². The number of benzene rings is 1. The zero-order valence-electron chi connectivity index (χ0n) is 10.1. The molecule has 1 aromatic rings. The topological polar surface area (TPSA) is 58.7 Å². The van der Waals surface area contributed by atoms with Gasteiger partial charge in [-0.15, -0.1) is 0 Å². The van der Waals surface area contributed by atoms with Gasteiger partial charge in [0.2, 0.25) is 0 Å². The summed E-state index contributed by atoms with van der Waals surface area (Å²) < 4.78 is 0. The van der Waals surface area contributed by atoms with Crippen molar-refractivity contribution in [3.63, 3.8) is 0 Å². The van der Waals surface area contributed by atoms with E-state index in [0.717, 1.165) is 5.56 Å². The number of nitrogens with two attached hydrogens (primary N) is 1. The Kier molecular flexibility index (Phi) is 3.13. The van der Waals surface area contributed by atoms with E-state index in [0.29, 0.717) is 12.4 Å². The highest BCUT2D eigenvalue weighted by Crippen LogP contribution is 2.21. The number of carbonyl (C=O) groups is 1. The number of hydrogen-bond acceptors (Lipinski definition) is 2. The van der Waals surface area contributed by atoms with Crippen LogP contribution in [0.4, 0.5) is 4.79 Å². The molecule has 90 valence electrons. The fourth-order valence-electron chi connectivity index (χ4n) is 2.17. The minimum atomic E-state index is -0.231. The molecule has 0 spiro atoms. The molecule has 1 atom stereocenters. The van der Waals surface area contributed by atoms with Crippen molar-refractivity contribution in [3.05, 3.63) is 35.9 Å². The lowest BCUT2D eigenvalue weighted by Gasteiger charge is -2.27. The summed E-state index contributed by atoms with van der Waals surface area (Å²) in [4.78, 5) is 17.3. The van der Waals surface area contributed by atoms with Gasteiger partial charge in [0.15, 0.2) is 0 Å². The molecular formula is C13H17N3O. The van der Waals surface area contributed by atoms with Gasteiger partial charge < -0.3 is 10.6 Å². The van der Waals surface area contributed by atoms with Crippen LogP contribution < -0.4 is 5.73 Å². The van der Waals surface area contributed by atoms with E-state index >= 15 is 0 Å². The lowest BCUT2D eigenvalue weighted by atomic mass is 10.0. The van der Waals surface area contributed by atoms with Gasteiger partial charge in [-0.2, -0.15) is 4.99 Å². The van der Waals surface area contributed by atoms with E-state index < -0.39 is 0 Å². The number of amidine groups is 1. The Hall–Kier alpha value is -1.84. The Bertz CT molecular complexity index is 439. The standard InChI is InChI=1S/C13H17N3O/c1-9(2)11-12(14)15-13(17)16(11)8-10-6-4-3-5-7-10/h3-7,9,11H,8H2,1-2H3,(H2,14,15,17). The van der Waals surface area contributed by atoms with E-state index in [9.17, 15) is 4.79 Å². The molecule has 0 bridgehead atoms. The Labute approximate surface area is 101 Å². The lowest BCUT2D eigenvalue weighted by molar-refractivity contribution is 0.192. The molecule has 0 aliphatic carbocycles. The SMILES string of the molecule is CC(C)C1C(N)=NC(=O)N1Cc1ccccc1. The molecule has 1 aromatic carbocycles. The van der Waals surface area contributed by atoms with Crippen molar-refractivity contribution in [1.29, 1.82) is 0 Å². The number of aliphatic imine (C=N–C) groups is 1. The Balaban J connectivity index is 2.18. The Morgan fingerprint density at radius 1 is 1.35 bits per heavy atom. The largest absolute Gasteiger partial charge is 0.385 e. The first kappa shape index (κ1) is 11.6. The van der Waals surface area contributed by atoms with Crippen LogP contribution in [0, 0.1) is 5.92 Å². The second kappa shape index (κ2) is 4.57. The van der Waals surface area contributed by atoms with Crippen molar-refractivity contribution >= 4 is 11.9 Å². The van der Waals surface area contributed by atoms with Crippen molar-refractivity contribution in [2.75, 3.05) is 0 Å². The number of carbonyl (C=O) groups excluding carboxylic acids is 1. The molecule has 1 aliphatic rings. The summed E-state index contributed by atoms with van der Waals surface area (Å²) in [6, 6.07) is 9.57. The van der Waals surface area contributed by atoms with Gasteiger partial charge in [-0.25, -0.2) is 4.79 Å². The third kappa shape index (κ3) is 2.30.